The van der Waals surface area contributed by atoms with Crippen molar-refractivity contribution in [1.29, 1.82) is 0 Å². The Kier molecular flexibility index (Phi) is 7.94. The predicted octanol–water partition coefficient (Wildman–Crippen LogP) is 6.52. The van der Waals surface area contributed by atoms with Crippen LogP contribution in [-0.2, 0) is 9.53 Å². The van der Waals surface area contributed by atoms with Gasteiger partial charge >= 0.3 is 0 Å². The minimum atomic E-state index is -0.275. The third kappa shape index (κ3) is 5.10. The van der Waals surface area contributed by atoms with Crippen molar-refractivity contribution in [3.63, 3.8) is 0 Å². The van der Waals surface area contributed by atoms with E-state index < -0.39 is 0 Å². The van der Waals surface area contributed by atoms with Gasteiger partial charge in [-0.15, -0.1) is 0 Å². The summed E-state index contributed by atoms with van der Waals surface area (Å²) >= 11 is 12.6. The van der Waals surface area contributed by atoms with Gasteiger partial charge in [0, 0.05) is 30.4 Å². The van der Waals surface area contributed by atoms with Crippen LogP contribution in [0.4, 0.5) is 11.4 Å². The number of ether oxygens (including phenoxy) is 1. The average molecular weight is 574 g/mol. The SMILES string of the molecule is COCC(=O)Nc1ccc(N2C(=S)NC(c3ccccn3)C2c2cc(C)n(-c3c(C)cccc3C)c2C)cc1Cl. The van der Waals surface area contributed by atoms with Gasteiger partial charge in [-0.1, -0.05) is 35.9 Å². The van der Waals surface area contributed by atoms with Crippen molar-refractivity contribution in [1.82, 2.24) is 14.9 Å². The molecule has 1 saturated heterocycles. The quantitative estimate of drug-likeness (QED) is 0.245. The minimum absolute atomic E-state index is 0.0536. The highest BCUT2D eigenvalue weighted by Gasteiger charge is 2.42. The average Bonchev–Trinajstić information content (AvgIpc) is 3.41. The molecule has 0 spiro atoms. The summed E-state index contributed by atoms with van der Waals surface area (Å²) in [6.45, 7) is 8.53. The van der Waals surface area contributed by atoms with Crippen molar-refractivity contribution < 1.29 is 9.53 Å². The number of nitrogens with one attached hydrogen (secondary N) is 2. The molecule has 2 unspecified atom stereocenters. The maximum Gasteiger partial charge on any atom is 0.250 e. The number of anilines is 2. The Balaban J connectivity index is 1.63. The first-order valence-electron chi connectivity index (χ1n) is 13.1. The smallest absolute Gasteiger partial charge is 0.250 e. The van der Waals surface area contributed by atoms with E-state index in [9.17, 15) is 4.79 Å². The number of carbonyl (C=O) groups is 1. The lowest BCUT2D eigenvalue weighted by Gasteiger charge is -2.29. The fourth-order valence-corrected chi connectivity index (χ4v) is 6.18. The van der Waals surface area contributed by atoms with Crippen molar-refractivity contribution in [2.24, 2.45) is 0 Å². The lowest BCUT2D eigenvalue weighted by Crippen LogP contribution is -2.29. The summed E-state index contributed by atoms with van der Waals surface area (Å²) < 4.78 is 7.25. The highest BCUT2D eigenvalue weighted by molar-refractivity contribution is 7.80. The molecule has 40 heavy (non-hydrogen) atoms. The number of methoxy groups -OCH3 is 1. The van der Waals surface area contributed by atoms with E-state index >= 15 is 0 Å². The van der Waals surface area contributed by atoms with Crippen molar-refractivity contribution in [3.05, 3.63) is 106 Å². The number of aromatic nitrogens is 2. The summed E-state index contributed by atoms with van der Waals surface area (Å²) in [6.07, 6.45) is 1.80. The van der Waals surface area contributed by atoms with Crippen LogP contribution >= 0.6 is 23.8 Å². The van der Waals surface area contributed by atoms with Crippen molar-refractivity contribution >= 4 is 46.2 Å². The lowest BCUT2D eigenvalue weighted by molar-refractivity contribution is -0.119. The van der Waals surface area contributed by atoms with E-state index in [4.69, 9.17) is 28.6 Å². The number of thiocarbonyl (C=S) groups is 1. The van der Waals surface area contributed by atoms with E-state index in [1.165, 1.54) is 23.9 Å². The highest BCUT2D eigenvalue weighted by Crippen LogP contribution is 2.45. The molecule has 1 aliphatic rings. The molecule has 1 amide bonds. The molecule has 5 rings (SSSR count). The van der Waals surface area contributed by atoms with Gasteiger partial charge in [-0.25, -0.2) is 0 Å². The molecular weight excluding hydrogens is 542 g/mol. The molecule has 4 aromatic rings. The van der Waals surface area contributed by atoms with Gasteiger partial charge in [0.1, 0.15) is 6.61 Å². The maximum absolute atomic E-state index is 12.1. The second kappa shape index (κ2) is 11.4. The van der Waals surface area contributed by atoms with Gasteiger partial charge < -0.3 is 24.8 Å². The summed E-state index contributed by atoms with van der Waals surface area (Å²) in [5.74, 6) is -0.275. The van der Waals surface area contributed by atoms with Crippen molar-refractivity contribution in [2.45, 2.75) is 39.8 Å². The molecule has 0 aliphatic carbocycles. The molecule has 206 valence electrons. The number of nitrogens with zero attached hydrogens (tertiary/aromatic N) is 3. The lowest BCUT2D eigenvalue weighted by atomic mass is 9.96. The molecule has 7 nitrogen and oxygen atoms in total. The fraction of sp³-hybridized carbons (Fsp3) is 0.258. The molecule has 2 aromatic heterocycles. The highest BCUT2D eigenvalue weighted by atomic mass is 35.5. The van der Waals surface area contributed by atoms with Gasteiger partial charge in [0.25, 0.3) is 0 Å². The number of carbonyl (C=O) groups excluding carboxylic acids is 1. The monoisotopic (exact) mass is 573 g/mol. The number of aryl methyl sites for hydroxylation is 3. The number of para-hydroxylation sites is 1. The zero-order valence-electron chi connectivity index (χ0n) is 23.2. The normalized spacial score (nSPS) is 16.8. The summed E-state index contributed by atoms with van der Waals surface area (Å²) in [4.78, 5) is 18.9. The summed E-state index contributed by atoms with van der Waals surface area (Å²) in [5.41, 5.74) is 9.24. The van der Waals surface area contributed by atoms with Crippen molar-refractivity contribution in [2.75, 3.05) is 23.9 Å². The summed E-state index contributed by atoms with van der Waals surface area (Å²) in [7, 11) is 1.47. The van der Waals surface area contributed by atoms with Gasteiger partial charge in [0.05, 0.1) is 34.2 Å². The van der Waals surface area contributed by atoms with Gasteiger partial charge in [0.15, 0.2) is 5.11 Å². The first kappa shape index (κ1) is 27.8. The van der Waals surface area contributed by atoms with Crippen LogP contribution in [0.15, 0.2) is 66.9 Å². The number of pyridine rings is 1. The van der Waals surface area contributed by atoms with Crippen LogP contribution in [0, 0.1) is 27.7 Å². The van der Waals surface area contributed by atoms with Gasteiger partial charge in [-0.3, -0.25) is 9.78 Å². The Labute approximate surface area is 245 Å². The first-order chi connectivity index (χ1) is 19.2. The Hall–Kier alpha value is -3.72. The minimum Gasteiger partial charge on any atom is -0.375 e. The molecule has 0 radical (unpaired) electrons. The Morgan fingerprint density at radius 3 is 2.48 bits per heavy atom. The van der Waals surface area contributed by atoms with Crippen LogP contribution in [-0.4, -0.2) is 34.3 Å². The topological polar surface area (TPSA) is 71.4 Å². The van der Waals surface area contributed by atoms with E-state index in [0.717, 1.165) is 28.3 Å². The number of amides is 1. The van der Waals surface area contributed by atoms with Crippen LogP contribution in [0.3, 0.4) is 0 Å². The number of benzene rings is 2. The molecule has 2 N–H and O–H groups in total. The largest absolute Gasteiger partial charge is 0.375 e. The first-order valence-corrected chi connectivity index (χ1v) is 13.8. The summed E-state index contributed by atoms with van der Waals surface area (Å²) in [5, 5.41) is 7.30. The molecule has 0 bridgehead atoms. The van der Waals surface area contributed by atoms with E-state index in [1.54, 1.807) is 12.3 Å². The van der Waals surface area contributed by atoms with Crippen molar-refractivity contribution in [3.8, 4) is 5.69 Å². The van der Waals surface area contributed by atoms with E-state index in [-0.39, 0.29) is 24.6 Å². The summed E-state index contributed by atoms with van der Waals surface area (Å²) in [6, 6.07) is 19.7. The van der Waals surface area contributed by atoms with Gasteiger partial charge in [-0.05, 0) is 93.0 Å². The fourth-order valence-electron chi connectivity index (χ4n) is 5.61. The van der Waals surface area contributed by atoms with E-state index in [0.29, 0.717) is 15.8 Å². The maximum atomic E-state index is 12.1. The van der Waals surface area contributed by atoms with Crippen LogP contribution in [0.5, 0.6) is 0 Å². The molecule has 2 aromatic carbocycles. The number of rotatable bonds is 7. The van der Waals surface area contributed by atoms with Gasteiger partial charge in [0.2, 0.25) is 5.91 Å². The van der Waals surface area contributed by atoms with Crippen LogP contribution < -0.4 is 15.5 Å². The number of hydrogen-bond acceptors (Lipinski definition) is 4. The predicted molar refractivity (Wildman–Crippen MR) is 165 cm³/mol. The zero-order valence-corrected chi connectivity index (χ0v) is 24.7. The Morgan fingerprint density at radius 2 is 1.82 bits per heavy atom. The molecule has 2 atom stereocenters. The standard InChI is InChI=1S/C31H32ClN5O2S/c1-18-9-8-10-19(2)29(18)36-20(3)15-23(21(36)4)30-28(26-11-6-7-14-33-26)35-31(40)37(30)22-12-13-25(24(32)16-22)34-27(38)17-39-5/h6-16,28,30H,17H2,1-5H3,(H,34,38)(H,35,40). The van der Waals surface area contributed by atoms with Crippen LogP contribution in [0.25, 0.3) is 5.69 Å². The third-order valence-electron chi connectivity index (χ3n) is 7.33. The third-order valence-corrected chi connectivity index (χ3v) is 7.96. The molecular formula is C31H32ClN5O2S. The second-order valence-corrected chi connectivity index (χ2v) is 10.8. The Morgan fingerprint density at radius 1 is 1.07 bits per heavy atom. The number of halogens is 1. The van der Waals surface area contributed by atoms with Gasteiger partial charge in [-0.2, -0.15) is 0 Å². The molecule has 3 heterocycles. The zero-order chi connectivity index (χ0) is 28.6. The second-order valence-electron chi connectivity index (χ2n) is 10.0. The molecule has 1 fully saturated rings. The van der Waals surface area contributed by atoms with E-state index in [2.05, 4.69) is 77.0 Å². The Bertz CT molecular complexity index is 1570. The molecule has 9 heteroatoms. The molecule has 1 aliphatic heterocycles. The van der Waals surface area contributed by atoms with Crippen LogP contribution in [0.2, 0.25) is 5.02 Å². The molecule has 0 saturated carbocycles. The number of hydrogen-bond donors (Lipinski definition) is 2. The van der Waals surface area contributed by atoms with E-state index in [1.807, 2.05) is 30.3 Å². The van der Waals surface area contributed by atoms with Crippen LogP contribution in [0.1, 0.15) is 45.9 Å².